The van der Waals surface area contributed by atoms with Crippen LogP contribution in [0.25, 0.3) is 109 Å². The second kappa shape index (κ2) is 12.8. The van der Waals surface area contributed by atoms with Gasteiger partial charge in [-0.2, -0.15) is 0 Å². The van der Waals surface area contributed by atoms with Gasteiger partial charge in [0.15, 0.2) is 17.5 Å². The standard InChI is InChI=1S/C51H31N3S/c1-3-14-32(15-4-1)46-39-19-7-9-21-41(39)47(42-22-10-8-20-40(42)46)36-28-26-35-31-37(29-27-34(35)30-36)50-52-49(33-16-5-2-6-17-33)53-51(54-50)44-24-13-23-43-38-18-11-12-25-45(38)55-48(43)44/h1-31H. The molecular formula is C51H31N3S. The van der Waals surface area contributed by atoms with Crippen LogP contribution in [0.15, 0.2) is 188 Å². The number of benzene rings is 9. The zero-order valence-electron chi connectivity index (χ0n) is 29.6. The van der Waals surface area contributed by atoms with Crippen molar-refractivity contribution in [3.05, 3.63) is 188 Å². The van der Waals surface area contributed by atoms with Gasteiger partial charge in [0.05, 0.1) is 0 Å². The highest BCUT2D eigenvalue weighted by Gasteiger charge is 2.19. The normalized spacial score (nSPS) is 11.6. The molecule has 0 N–H and O–H groups in total. The van der Waals surface area contributed by atoms with Gasteiger partial charge in [-0.3, -0.25) is 0 Å². The molecule has 0 aliphatic carbocycles. The third-order valence-corrected chi connectivity index (χ3v) is 11.9. The predicted molar refractivity (Wildman–Crippen MR) is 232 cm³/mol. The van der Waals surface area contributed by atoms with E-state index in [1.54, 1.807) is 11.3 Å². The molecule has 4 heteroatoms. The van der Waals surface area contributed by atoms with Crippen LogP contribution in [0.2, 0.25) is 0 Å². The van der Waals surface area contributed by atoms with E-state index in [4.69, 9.17) is 15.0 Å². The molecule has 0 saturated carbocycles. The van der Waals surface area contributed by atoms with E-state index in [-0.39, 0.29) is 0 Å². The van der Waals surface area contributed by atoms with Crippen LogP contribution < -0.4 is 0 Å². The van der Waals surface area contributed by atoms with Crippen molar-refractivity contribution < 1.29 is 0 Å². The minimum absolute atomic E-state index is 0.654. The summed E-state index contributed by atoms with van der Waals surface area (Å²) in [7, 11) is 0. The molecule has 0 aliphatic heterocycles. The lowest BCUT2D eigenvalue weighted by atomic mass is 9.85. The van der Waals surface area contributed by atoms with E-state index >= 15 is 0 Å². The fraction of sp³-hybridized carbons (Fsp3) is 0. The number of fused-ring (bicyclic) bond motifs is 6. The van der Waals surface area contributed by atoms with Gasteiger partial charge in [-0.25, -0.2) is 15.0 Å². The molecule has 0 atom stereocenters. The summed E-state index contributed by atoms with van der Waals surface area (Å²) < 4.78 is 2.44. The van der Waals surface area contributed by atoms with E-state index in [9.17, 15) is 0 Å². The Hall–Kier alpha value is -7.01. The molecule has 11 rings (SSSR count). The molecule has 0 aliphatic rings. The highest BCUT2D eigenvalue weighted by Crippen LogP contribution is 2.44. The highest BCUT2D eigenvalue weighted by atomic mass is 32.1. The van der Waals surface area contributed by atoms with Crippen LogP contribution in [0.3, 0.4) is 0 Å². The van der Waals surface area contributed by atoms with Gasteiger partial charge in [-0.1, -0.05) is 164 Å². The van der Waals surface area contributed by atoms with Gasteiger partial charge >= 0.3 is 0 Å². The molecule has 0 amide bonds. The fourth-order valence-electron chi connectivity index (χ4n) is 8.16. The first kappa shape index (κ1) is 31.5. The Labute approximate surface area is 321 Å². The van der Waals surface area contributed by atoms with Crippen LogP contribution in [-0.4, -0.2) is 15.0 Å². The summed E-state index contributed by atoms with van der Waals surface area (Å²) in [6, 6.07) is 67.0. The lowest BCUT2D eigenvalue weighted by molar-refractivity contribution is 1.08. The molecule has 3 nitrogen and oxygen atoms in total. The maximum Gasteiger partial charge on any atom is 0.165 e. The van der Waals surface area contributed by atoms with Gasteiger partial charge in [-0.15, -0.1) is 11.3 Å². The van der Waals surface area contributed by atoms with E-state index < -0.39 is 0 Å². The average molecular weight is 718 g/mol. The lowest BCUT2D eigenvalue weighted by Gasteiger charge is -2.18. The van der Waals surface area contributed by atoms with Gasteiger partial charge in [0.2, 0.25) is 0 Å². The van der Waals surface area contributed by atoms with Gasteiger partial charge < -0.3 is 0 Å². The number of aromatic nitrogens is 3. The Kier molecular flexibility index (Phi) is 7.35. The minimum atomic E-state index is 0.654. The second-order valence-corrected chi connectivity index (χ2v) is 15.0. The summed E-state index contributed by atoms with van der Waals surface area (Å²) in [5.41, 5.74) is 7.87. The monoisotopic (exact) mass is 717 g/mol. The van der Waals surface area contributed by atoms with Crippen molar-refractivity contribution >= 4 is 63.8 Å². The first-order valence-corrected chi connectivity index (χ1v) is 19.3. The molecule has 0 radical (unpaired) electrons. The van der Waals surface area contributed by atoms with Crippen molar-refractivity contribution in [1.82, 2.24) is 15.0 Å². The number of thiophene rings is 1. The summed E-state index contributed by atoms with van der Waals surface area (Å²) in [4.78, 5) is 15.3. The van der Waals surface area contributed by atoms with Crippen molar-refractivity contribution in [3.63, 3.8) is 0 Å². The molecule has 0 fully saturated rings. The zero-order valence-corrected chi connectivity index (χ0v) is 30.5. The average Bonchev–Trinajstić information content (AvgIpc) is 3.65. The smallest absolute Gasteiger partial charge is 0.165 e. The highest BCUT2D eigenvalue weighted by molar-refractivity contribution is 7.26. The number of hydrogen-bond donors (Lipinski definition) is 0. The van der Waals surface area contributed by atoms with Crippen LogP contribution >= 0.6 is 11.3 Å². The SMILES string of the molecule is c1ccc(-c2nc(-c3ccc4cc(-c5c6ccccc6c(-c6ccccc6)c6ccccc56)ccc4c3)nc(-c3cccc4c3sc3ccccc34)n2)cc1. The van der Waals surface area contributed by atoms with Crippen LogP contribution in [0, 0.1) is 0 Å². The topological polar surface area (TPSA) is 38.7 Å². The van der Waals surface area contributed by atoms with E-state index in [2.05, 4.69) is 170 Å². The quantitative estimate of drug-likeness (QED) is 0.166. The first-order valence-electron chi connectivity index (χ1n) is 18.5. The zero-order chi connectivity index (χ0) is 36.3. The molecule has 55 heavy (non-hydrogen) atoms. The van der Waals surface area contributed by atoms with E-state index in [0.717, 1.165) is 27.5 Å². The van der Waals surface area contributed by atoms with Gasteiger partial charge in [0, 0.05) is 36.9 Å². The maximum atomic E-state index is 5.18. The molecule has 0 spiro atoms. The summed E-state index contributed by atoms with van der Waals surface area (Å²) in [6.45, 7) is 0. The molecular weight excluding hydrogens is 687 g/mol. The van der Waals surface area contributed by atoms with Crippen molar-refractivity contribution in [3.8, 4) is 56.4 Å². The van der Waals surface area contributed by atoms with Crippen LogP contribution in [-0.2, 0) is 0 Å². The molecule has 0 saturated heterocycles. The first-order chi connectivity index (χ1) is 27.3. The molecule has 11 aromatic rings. The summed E-state index contributed by atoms with van der Waals surface area (Å²) in [5.74, 6) is 1.99. The van der Waals surface area contributed by atoms with Crippen molar-refractivity contribution in [2.24, 2.45) is 0 Å². The Morgan fingerprint density at radius 2 is 0.782 bits per heavy atom. The number of hydrogen-bond acceptors (Lipinski definition) is 4. The van der Waals surface area contributed by atoms with E-state index in [1.165, 1.54) is 64.0 Å². The molecule has 256 valence electrons. The van der Waals surface area contributed by atoms with Gasteiger partial charge in [0.1, 0.15) is 0 Å². The Morgan fingerprint density at radius 3 is 1.44 bits per heavy atom. The van der Waals surface area contributed by atoms with Crippen LogP contribution in [0.5, 0.6) is 0 Å². The second-order valence-electron chi connectivity index (χ2n) is 13.9. The van der Waals surface area contributed by atoms with E-state index in [1.807, 2.05) is 18.2 Å². The minimum Gasteiger partial charge on any atom is -0.208 e. The largest absolute Gasteiger partial charge is 0.208 e. The Bertz CT molecular complexity index is 3200. The molecule has 0 bridgehead atoms. The Morgan fingerprint density at radius 1 is 0.309 bits per heavy atom. The third kappa shape index (κ3) is 5.30. The molecule has 0 unspecified atom stereocenters. The van der Waals surface area contributed by atoms with Crippen molar-refractivity contribution in [2.75, 3.05) is 0 Å². The van der Waals surface area contributed by atoms with Gasteiger partial charge in [0.25, 0.3) is 0 Å². The van der Waals surface area contributed by atoms with Crippen molar-refractivity contribution in [2.45, 2.75) is 0 Å². The van der Waals surface area contributed by atoms with Crippen LogP contribution in [0.4, 0.5) is 0 Å². The number of rotatable bonds is 5. The molecule has 2 heterocycles. The van der Waals surface area contributed by atoms with Crippen molar-refractivity contribution in [1.29, 1.82) is 0 Å². The lowest BCUT2D eigenvalue weighted by Crippen LogP contribution is -2.00. The summed E-state index contributed by atoms with van der Waals surface area (Å²) in [6.07, 6.45) is 0. The molecule has 9 aromatic carbocycles. The maximum absolute atomic E-state index is 5.18. The summed E-state index contributed by atoms with van der Waals surface area (Å²) in [5, 5.41) is 9.77. The van der Waals surface area contributed by atoms with Crippen LogP contribution in [0.1, 0.15) is 0 Å². The van der Waals surface area contributed by atoms with E-state index in [0.29, 0.717) is 17.5 Å². The summed E-state index contributed by atoms with van der Waals surface area (Å²) >= 11 is 1.79. The third-order valence-electron chi connectivity index (χ3n) is 10.7. The fourth-order valence-corrected chi connectivity index (χ4v) is 9.37. The molecule has 2 aromatic heterocycles. The predicted octanol–water partition coefficient (Wildman–Crippen LogP) is 14.0. The number of nitrogens with zero attached hydrogens (tertiary/aromatic N) is 3. The van der Waals surface area contributed by atoms with Gasteiger partial charge in [-0.05, 0) is 78.8 Å². The Balaban J connectivity index is 1.07.